The molecule has 0 aromatic heterocycles. The van der Waals surface area contributed by atoms with E-state index in [0.717, 1.165) is 23.1 Å². The molecular formula is C26H17F2NO3. The van der Waals surface area contributed by atoms with Crippen molar-refractivity contribution in [3.05, 3.63) is 108 Å². The number of fused-ring (bicyclic) bond motifs is 1. The number of hydrogen-bond donors (Lipinski definition) is 2. The van der Waals surface area contributed by atoms with Crippen molar-refractivity contribution in [1.29, 1.82) is 0 Å². The summed E-state index contributed by atoms with van der Waals surface area (Å²) in [6.45, 7) is 0. The largest absolute Gasteiger partial charge is 0.478 e. The van der Waals surface area contributed by atoms with Crippen molar-refractivity contribution in [3.8, 4) is 11.1 Å². The van der Waals surface area contributed by atoms with Crippen LogP contribution in [-0.2, 0) is 4.79 Å². The van der Waals surface area contributed by atoms with Gasteiger partial charge in [-0.1, -0.05) is 42.5 Å². The Kier molecular flexibility index (Phi) is 5.77. The third-order valence-electron chi connectivity index (χ3n) is 4.94. The molecule has 0 aliphatic carbocycles. The molecule has 1 amide bonds. The summed E-state index contributed by atoms with van der Waals surface area (Å²) in [5, 5.41) is 12.8. The van der Waals surface area contributed by atoms with Crippen LogP contribution in [0.25, 0.3) is 28.0 Å². The molecule has 0 saturated heterocycles. The van der Waals surface area contributed by atoms with E-state index in [-0.39, 0.29) is 11.5 Å². The molecular weight excluding hydrogens is 412 g/mol. The molecule has 0 fully saturated rings. The van der Waals surface area contributed by atoms with Gasteiger partial charge < -0.3 is 10.4 Å². The van der Waals surface area contributed by atoms with Crippen molar-refractivity contribution in [3.63, 3.8) is 0 Å². The van der Waals surface area contributed by atoms with Crippen molar-refractivity contribution < 1.29 is 23.5 Å². The van der Waals surface area contributed by atoms with Gasteiger partial charge in [-0.3, -0.25) is 4.79 Å². The number of amides is 1. The summed E-state index contributed by atoms with van der Waals surface area (Å²) >= 11 is 0. The molecule has 4 aromatic carbocycles. The predicted octanol–water partition coefficient (Wildman–Crippen LogP) is 6.14. The highest BCUT2D eigenvalue weighted by atomic mass is 19.1. The van der Waals surface area contributed by atoms with Crippen molar-refractivity contribution in [2.24, 2.45) is 0 Å². The van der Waals surface area contributed by atoms with Gasteiger partial charge >= 0.3 is 5.97 Å². The van der Waals surface area contributed by atoms with Gasteiger partial charge in [0.25, 0.3) is 5.91 Å². The highest BCUT2D eigenvalue weighted by Crippen LogP contribution is 2.29. The summed E-state index contributed by atoms with van der Waals surface area (Å²) in [5.41, 5.74) is 2.13. The Hall–Kier alpha value is -4.32. The van der Waals surface area contributed by atoms with Gasteiger partial charge in [0.1, 0.15) is 11.6 Å². The number of hydrogen-bond acceptors (Lipinski definition) is 2. The highest BCUT2D eigenvalue weighted by molar-refractivity contribution is 6.14. The van der Waals surface area contributed by atoms with Gasteiger partial charge in [-0.25, -0.2) is 13.6 Å². The first-order chi connectivity index (χ1) is 15.4. The molecule has 0 heterocycles. The van der Waals surface area contributed by atoms with E-state index in [0.29, 0.717) is 22.1 Å². The number of halogens is 2. The molecule has 0 aliphatic rings. The van der Waals surface area contributed by atoms with E-state index in [1.165, 1.54) is 30.3 Å². The molecule has 158 valence electrons. The maximum absolute atomic E-state index is 14.3. The fourth-order valence-electron chi connectivity index (χ4n) is 3.41. The maximum Gasteiger partial charge on any atom is 0.328 e. The van der Waals surface area contributed by atoms with Crippen LogP contribution < -0.4 is 5.32 Å². The van der Waals surface area contributed by atoms with E-state index in [9.17, 15) is 18.4 Å². The third kappa shape index (κ3) is 4.54. The molecule has 2 N–H and O–H groups in total. The number of carbonyl (C=O) groups is 2. The predicted molar refractivity (Wildman–Crippen MR) is 120 cm³/mol. The Morgan fingerprint density at radius 2 is 1.59 bits per heavy atom. The van der Waals surface area contributed by atoms with Gasteiger partial charge in [-0.15, -0.1) is 0 Å². The standard InChI is InChI=1S/C26H17F2NO3/c27-20-9-7-17(8-10-20)19-14-18-3-1-2-4-21(18)22(15-19)26(32)29-24-13-16(5-11-23(24)28)6-12-25(30)31/h1-15H,(H,29,32)(H,30,31). The Morgan fingerprint density at radius 1 is 0.844 bits per heavy atom. The summed E-state index contributed by atoms with van der Waals surface area (Å²) in [5.74, 6) is -2.67. The van der Waals surface area contributed by atoms with Crippen LogP contribution in [-0.4, -0.2) is 17.0 Å². The molecule has 0 bridgehead atoms. The number of carbonyl (C=O) groups excluding carboxylic acids is 1. The van der Waals surface area contributed by atoms with Crippen LogP contribution in [0.3, 0.4) is 0 Å². The fraction of sp³-hybridized carbons (Fsp3) is 0. The lowest BCUT2D eigenvalue weighted by molar-refractivity contribution is -0.131. The van der Waals surface area contributed by atoms with E-state index >= 15 is 0 Å². The number of rotatable bonds is 5. The van der Waals surface area contributed by atoms with Crippen LogP contribution >= 0.6 is 0 Å². The van der Waals surface area contributed by atoms with E-state index in [1.54, 1.807) is 30.3 Å². The molecule has 0 saturated carbocycles. The zero-order valence-electron chi connectivity index (χ0n) is 16.7. The zero-order chi connectivity index (χ0) is 22.7. The second kappa shape index (κ2) is 8.81. The number of nitrogens with one attached hydrogen (secondary N) is 1. The summed E-state index contributed by atoms with van der Waals surface area (Å²) in [7, 11) is 0. The van der Waals surface area contributed by atoms with Crippen molar-refractivity contribution in [2.45, 2.75) is 0 Å². The first-order valence-corrected chi connectivity index (χ1v) is 9.71. The lowest BCUT2D eigenvalue weighted by Crippen LogP contribution is -2.14. The Labute approximate surface area is 182 Å². The molecule has 4 nitrogen and oxygen atoms in total. The second-order valence-corrected chi connectivity index (χ2v) is 7.12. The molecule has 0 unspecified atom stereocenters. The van der Waals surface area contributed by atoms with E-state index in [4.69, 9.17) is 5.11 Å². The Morgan fingerprint density at radius 3 is 2.34 bits per heavy atom. The van der Waals surface area contributed by atoms with Crippen molar-refractivity contribution in [2.75, 3.05) is 5.32 Å². The lowest BCUT2D eigenvalue weighted by atomic mass is 9.96. The zero-order valence-corrected chi connectivity index (χ0v) is 16.7. The minimum atomic E-state index is -1.14. The van der Waals surface area contributed by atoms with E-state index < -0.39 is 17.7 Å². The molecule has 0 aliphatic heterocycles. The molecule has 0 spiro atoms. The van der Waals surface area contributed by atoms with E-state index in [1.807, 2.05) is 18.2 Å². The minimum Gasteiger partial charge on any atom is -0.478 e. The molecule has 0 atom stereocenters. The Balaban J connectivity index is 1.74. The van der Waals surface area contributed by atoms with Crippen LogP contribution in [0.5, 0.6) is 0 Å². The summed E-state index contributed by atoms with van der Waals surface area (Å²) in [6, 6.07) is 20.7. The fourth-order valence-corrected chi connectivity index (χ4v) is 3.41. The number of carboxylic acid groups (broad SMARTS) is 1. The first-order valence-electron chi connectivity index (χ1n) is 9.71. The second-order valence-electron chi connectivity index (χ2n) is 7.12. The summed E-state index contributed by atoms with van der Waals surface area (Å²) in [4.78, 5) is 23.9. The maximum atomic E-state index is 14.3. The number of aliphatic carboxylic acids is 1. The normalized spacial score (nSPS) is 11.1. The Bertz CT molecular complexity index is 1360. The molecule has 0 radical (unpaired) electrons. The average molecular weight is 429 g/mol. The van der Waals surface area contributed by atoms with Gasteiger partial charge in [0, 0.05) is 11.6 Å². The summed E-state index contributed by atoms with van der Waals surface area (Å²) < 4.78 is 27.7. The number of benzene rings is 4. The monoisotopic (exact) mass is 429 g/mol. The number of carboxylic acids is 1. The van der Waals surface area contributed by atoms with Gasteiger partial charge in [-0.2, -0.15) is 0 Å². The van der Waals surface area contributed by atoms with Crippen molar-refractivity contribution in [1.82, 2.24) is 0 Å². The molecule has 4 rings (SSSR count). The van der Waals surface area contributed by atoms with Gasteiger partial charge in [0.2, 0.25) is 0 Å². The molecule has 32 heavy (non-hydrogen) atoms. The van der Waals surface area contributed by atoms with Gasteiger partial charge in [0.05, 0.1) is 5.69 Å². The van der Waals surface area contributed by atoms with Crippen LogP contribution in [0, 0.1) is 11.6 Å². The summed E-state index contributed by atoms with van der Waals surface area (Å²) in [6.07, 6.45) is 2.24. The topological polar surface area (TPSA) is 66.4 Å². The molecule has 6 heteroatoms. The number of anilines is 1. The van der Waals surface area contributed by atoms with Crippen LogP contribution in [0.15, 0.2) is 84.9 Å². The van der Waals surface area contributed by atoms with Crippen LogP contribution in [0.2, 0.25) is 0 Å². The SMILES string of the molecule is O=C(O)C=Cc1ccc(F)c(NC(=O)c2cc(-c3ccc(F)cc3)cc3ccccc23)c1. The quantitative estimate of drug-likeness (QED) is 0.375. The minimum absolute atomic E-state index is 0.0706. The highest BCUT2D eigenvalue weighted by Gasteiger charge is 2.15. The van der Waals surface area contributed by atoms with Crippen LogP contribution in [0.1, 0.15) is 15.9 Å². The average Bonchev–Trinajstić information content (AvgIpc) is 2.79. The van der Waals surface area contributed by atoms with Gasteiger partial charge in [0.15, 0.2) is 0 Å². The van der Waals surface area contributed by atoms with Crippen molar-refractivity contribution >= 4 is 34.4 Å². The van der Waals surface area contributed by atoms with E-state index in [2.05, 4.69) is 5.32 Å². The third-order valence-corrected chi connectivity index (χ3v) is 4.94. The lowest BCUT2D eigenvalue weighted by Gasteiger charge is -2.12. The first kappa shape index (κ1) is 20.9. The molecule has 4 aromatic rings. The smallest absolute Gasteiger partial charge is 0.328 e. The van der Waals surface area contributed by atoms with Gasteiger partial charge in [-0.05, 0) is 69.9 Å². The van der Waals surface area contributed by atoms with Crippen LogP contribution in [0.4, 0.5) is 14.5 Å².